The number of aryl methyl sites for hydroxylation is 1. The van der Waals surface area contributed by atoms with Gasteiger partial charge >= 0.3 is 5.97 Å². The molecule has 1 unspecified atom stereocenters. The average Bonchev–Trinajstić information content (AvgIpc) is 2.89. The predicted molar refractivity (Wildman–Crippen MR) is 77.3 cm³/mol. The molecule has 1 amide bonds. The molecule has 0 spiro atoms. The fourth-order valence-corrected chi connectivity index (χ4v) is 3.08. The van der Waals surface area contributed by atoms with Gasteiger partial charge in [0.2, 0.25) is 6.41 Å². The monoisotopic (exact) mass is 295 g/mol. The topological polar surface area (TPSA) is 75.6 Å². The molecule has 0 fully saturated rings. The molecular weight excluding hydrogens is 278 g/mol. The van der Waals surface area contributed by atoms with Crippen LogP contribution in [0.1, 0.15) is 11.1 Å². The fourth-order valence-electron chi connectivity index (χ4n) is 2.06. The van der Waals surface area contributed by atoms with E-state index >= 15 is 0 Å². The van der Waals surface area contributed by atoms with Gasteiger partial charge in [0.05, 0.1) is 6.61 Å². The molecule has 1 atom stereocenters. The lowest BCUT2D eigenvalue weighted by atomic mass is 10.1. The molecule has 0 saturated heterocycles. The summed E-state index contributed by atoms with van der Waals surface area (Å²) < 4.78 is 5.45. The van der Waals surface area contributed by atoms with Gasteiger partial charge < -0.3 is 15.2 Å². The third kappa shape index (κ3) is 3.90. The highest BCUT2D eigenvalue weighted by Crippen LogP contribution is 2.26. The molecule has 2 rings (SSSR count). The van der Waals surface area contributed by atoms with E-state index in [0.29, 0.717) is 12.2 Å². The molecule has 1 aliphatic rings. The van der Waals surface area contributed by atoms with Crippen molar-refractivity contribution < 1.29 is 19.4 Å². The summed E-state index contributed by atoms with van der Waals surface area (Å²) in [5.41, 5.74) is 2.48. The first-order valence-corrected chi connectivity index (χ1v) is 7.61. The Morgan fingerprint density at radius 2 is 2.40 bits per heavy atom. The highest BCUT2D eigenvalue weighted by atomic mass is 32.2. The number of ether oxygens (including phenoxy) is 1. The van der Waals surface area contributed by atoms with Gasteiger partial charge in [-0.05, 0) is 29.4 Å². The normalized spacial score (nSPS) is 14.2. The molecule has 1 aromatic carbocycles. The molecule has 1 aliphatic heterocycles. The summed E-state index contributed by atoms with van der Waals surface area (Å²) in [7, 11) is 0. The van der Waals surface area contributed by atoms with Gasteiger partial charge in [0.1, 0.15) is 11.8 Å². The maximum Gasteiger partial charge on any atom is 0.327 e. The van der Waals surface area contributed by atoms with E-state index in [4.69, 9.17) is 9.84 Å². The molecule has 0 saturated carbocycles. The Morgan fingerprint density at radius 3 is 3.15 bits per heavy atom. The molecule has 0 aromatic heterocycles. The SMILES string of the molecule is O=CNC(CSCCc1ccc2c(c1)CCO2)C(=O)O. The standard InChI is InChI=1S/C14H17NO4S/c16-9-15-12(14(17)18)8-20-6-4-10-1-2-13-11(7-10)3-5-19-13/h1-2,7,9,12H,3-6,8H2,(H,15,16)(H,17,18). The zero-order chi connectivity index (χ0) is 14.4. The molecule has 1 heterocycles. The highest BCUT2D eigenvalue weighted by molar-refractivity contribution is 7.99. The van der Waals surface area contributed by atoms with Gasteiger partial charge in [0.25, 0.3) is 0 Å². The summed E-state index contributed by atoms with van der Waals surface area (Å²) in [6, 6.07) is 5.38. The van der Waals surface area contributed by atoms with E-state index in [0.717, 1.165) is 31.0 Å². The zero-order valence-electron chi connectivity index (χ0n) is 11.0. The lowest BCUT2D eigenvalue weighted by Gasteiger charge is -2.10. The van der Waals surface area contributed by atoms with Crippen molar-refractivity contribution in [1.29, 1.82) is 0 Å². The number of amides is 1. The highest BCUT2D eigenvalue weighted by Gasteiger charge is 2.16. The van der Waals surface area contributed by atoms with Gasteiger partial charge in [0, 0.05) is 12.2 Å². The number of carbonyl (C=O) groups is 2. The number of carbonyl (C=O) groups excluding carboxylic acids is 1. The second-order valence-electron chi connectivity index (χ2n) is 4.54. The van der Waals surface area contributed by atoms with Crippen LogP contribution in [0, 0.1) is 0 Å². The Labute approximate surface area is 121 Å². The van der Waals surface area contributed by atoms with Crippen LogP contribution in [0.2, 0.25) is 0 Å². The van der Waals surface area contributed by atoms with Crippen LogP contribution in [0.25, 0.3) is 0 Å². The third-order valence-electron chi connectivity index (χ3n) is 3.14. The van der Waals surface area contributed by atoms with Crippen molar-refractivity contribution in [3.63, 3.8) is 0 Å². The number of hydrogen-bond acceptors (Lipinski definition) is 4. The minimum Gasteiger partial charge on any atom is -0.493 e. The van der Waals surface area contributed by atoms with E-state index in [1.165, 1.54) is 22.9 Å². The molecule has 20 heavy (non-hydrogen) atoms. The van der Waals surface area contributed by atoms with Gasteiger partial charge in [-0.3, -0.25) is 4.79 Å². The minimum absolute atomic E-state index is 0.377. The first-order valence-electron chi connectivity index (χ1n) is 6.45. The number of aliphatic carboxylic acids is 1. The van der Waals surface area contributed by atoms with E-state index in [2.05, 4.69) is 11.4 Å². The number of nitrogens with one attached hydrogen (secondary N) is 1. The Hall–Kier alpha value is -1.69. The Balaban J connectivity index is 1.75. The number of carboxylic acid groups (broad SMARTS) is 1. The lowest BCUT2D eigenvalue weighted by molar-refractivity contribution is -0.139. The van der Waals surface area contributed by atoms with Crippen LogP contribution in [-0.4, -0.2) is 41.6 Å². The van der Waals surface area contributed by atoms with Crippen LogP contribution in [0.5, 0.6) is 5.75 Å². The van der Waals surface area contributed by atoms with Crippen LogP contribution in [0.4, 0.5) is 0 Å². The summed E-state index contributed by atoms with van der Waals surface area (Å²) in [5, 5.41) is 11.2. The number of hydrogen-bond donors (Lipinski definition) is 2. The fraction of sp³-hybridized carbons (Fsp3) is 0.429. The predicted octanol–water partition coefficient (Wildman–Crippen LogP) is 1.10. The quantitative estimate of drug-likeness (QED) is 0.555. The van der Waals surface area contributed by atoms with Crippen molar-refractivity contribution >= 4 is 24.1 Å². The Bertz CT molecular complexity index is 492. The van der Waals surface area contributed by atoms with E-state index in [1.54, 1.807) is 0 Å². The maximum atomic E-state index is 10.8. The van der Waals surface area contributed by atoms with Crippen LogP contribution in [0.15, 0.2) is 18.2 Å². The van der Waals surface area contributed by atoms with Crippen molar-refractivity contribution in [2.45, 2.75) is 18.9 Å². The number of fused-ring (bicyclic) bond motifs is 1. The summed E-state index contributed by atoms with van der Waals surface area (Å²) in [5.74, 6) is 1.17. The van der Waals surface area contributed by atoms with E-state index in [1.807, 2.05) is 12.1 Å². The van der Waals surface area contributed by atoms with Gasteiger partial charge in [0.15, 0.2) is 0 Å². The Kier molecular flexibility index (Phi) is 5.29. The minimum atomic E-state index is -1.00. The largest absolute Gasteiger partial charge is 0.493 e. The zero-order valence-corrected chi connectivity index (χ0v) is 11.8. The van der Waals surface area contributed by atoms with Gasteiger partial charge in [-0.25, -0.2) is 4.79 Å². The van der Waals surface area contributed by atoms with E-state index < -0.39 is 12.0 Å². The van der Waals surface area contributed by atoms with Crippen molar-refractivity contribution in [3.8, 4) is 5.75 Å². The average molecular weight is 295 g/mol. The van der Waals surface area contributed by atoms with Crippen LogP contribution >= 0.6 is 11.8 Å². The maximum absolute atomic E-state index is 10.8. The van der Waals surface area contributed by atoms with Crippen molar-refractivity contribution in [1.82, 2.24) is 5.32 Å². The van der Waals surface area contributed by atoms with E-state index in [9.17, 15) is 9.59 Å². The van der Waals surface area contributed by atoms with Crippen LogP contribution < -0.4 is 10.1 Å². The first kappa shape index (κ1) is 14.7. The number of benzene rings is 1. The molecule has 1 aromatic rings. The molecular formula is C14H17NO4S. The van der Waals surface area contributed by atoms with Crippen molar-refractivity contribution in [2.75, 3.05) is 18.1 Å². The molecule has 0 radical (unpaired) electrons. The second-order valence-corrected chi connectivity index (χ2v) is 5.69. The van der Waals surface area contributed by atoms with Gasteiger partial charge in [-0.1, -0.05) is 12.1 Å². The number of rotatable bonds is 8. The van der Waals surface area contributed by atoms with Crippen molar-refractivity contribution in [2.24, 2.45) is 0 Å². The van der Waals surface area contributed by atoms with Crippen LogP contribution in [0.3, 0.4) is 0 Å². The molecule has 0 bridgehead atoms. The number of carboxylic acids is 1. The summed E-state index contributed by atoms with van der Waals surface area (Å²) in [4.78, 5) is 21.1. The smallest absolute Gasteiger partial charge is 0.327 e. The summed E-state index contributed by atoms with van der Waals surface area (Å²) in [6.07, 6.45) is 2.27. The van der Waals surface area contributed by atoms with E-state index in [-0.39, 0.29) is 0 Å². The summed E-state index contributed by atoms with van der Waals surface area (Å²) in [6.45, 7) is 0.755. The lowest BCUT2D eigenvalue weighted by Crippen LogP contribution is -2.37. The molecule has 6 heteroatoms. The first-order chi connectivity index (χ1) is 9.70. The third-order valence-corrected chi connectivity index (χ3v) is 4.20. The number of thioether (sulfide) groups is 1. The van der Waals surface area contributed by atoms with Gasteiger partial charge in [-0.2, -0.15) is 11.8 Å². The van der Waals surface area contributed by atoms with Crippen LogP contribution in [-0.2, 0) is 22.4 Å². The van der Waals surface area contributed by atoms with Gasteiger partial charge in [-0.15, -0.1) is 0 Å². The molecule has 5 nitrogen and oxygen atoms in total. The Morgan fingerprint density at radius 1 is 1.55 bits per heavy atom. The molecule has 2 N–H and O–H groups in total. The van der Waals surface area contributed by atoms with Crippen molar-refractivity contribution in [3.05, 3.63) is 29.3 Å². The molecule has 108 valence electrons. The molecule has 0 aliphatic carbocycles. The second kappa shape index (κ2) is 7.19. The summed E-state index contributed by atoms with van der Waals surface area (Å²) >= 11 is 1.52.